The molecule has 1 aliphatic rings. The molecule has 0 saturated carbocycles. The van der Waals surface area contributed by atoms with Gasteiger partial charge in [-0.25, -0.2) is 4.98 Å². The molecule has 2 rings (SSSR count). The molecule has 1 aromatic rings. The van der Waals surface area contributed by atoms with Gasteiger partial charge in [-0.05, 0) is 25.5 Å². The van der Waals surface area contributed by atoms with Crippen molar-refractivity contribution < 1.29 is 9.52 Å². The van der Waals surface area contributed by atoms with Crippen molar-refractivity contribution in [2.24, 2.45) is 0 Å². The van der Waals surface area contributed by atoms with Crippen molar-refractivity contribution in [2.45, 2.75) is 32.1 Å². The fourth-order valence-electron chi connectivity index (χ4n) is 2.00. The van der Waals surface area contributed by atoms with E-state index in [-0.39, 0.29) is 6.61 Å². The first-order chi connectivity index (χ1) is 7.31. The second-order valence-corrected chi connectivity index (χ2v) is 5.09. The summed E-state index contributed by atoms with van der Waals surface area (Å²) in [5, 5.41) is 8.83. The summed E-state index contributed by atoms with van der Waals surface area (Å²) in [5.74, 6) is 4.61. The van der Waals surface area contributed by atoms with Crippen LogP contribution in [0, 0.1) is 6.92 Å². The third-order valence-corrected chi connectivity index (χ3v) is 3.96. The zero-order valence-corrected chi connectivity index (χ0v) is 9.85. The smallest absolute Gasteiger partial charge is 0.196 e. The molecule has 3 nitrogen and oxygen atoms in total. The van der Waals surface area contributed by atoms with Crippen LogP contribution in [0.3, 0.4) is 0 Å². The first-order valence-corrected chi connectivity index (χ1v) is 6.61. The molecule has 2 heterocycles. The van der Waals surface area contributed by atoms with Crippen LogP contribution in [0.4, 0.5) is 0 Å². The van der Waals surface area contributed by atoms with E-state index in [0.717, 1.165) is 17.2 Å². The van der Waals surface area contributed by atoms with E-state index in [0.29, 0.717) is 18.2 Å². The number of aliphatic hydroxyl groups excluding tert-OH is 1. The highest BCUT2D eigenvalue weighted by Crippen LogP contribution is 2.32. The van der Waals surface area contributed by atoms with Gasteiger partial charge < -0.3 is 9.52 Å². The van der Waals surface area contributed by atoms with Gasteiger partial charge in [0, 0.05) is 18.1 Å². The van der Waals surface area contributed by atoms with E-state index in [1.165, 1.54) is 18.6 Å². The molecule has 1 atom stereocenters. The Kier molecular flexibility index (Phi) is 3.70. The van der Waals surface area contributed by atoms with E-state index >= 15 is 0 Å². The third-order valence-electron chi connectivity index (χ3n) is 2.75. The fraction of sp³-hybridized carbons (Fsp3) is 0.727. The second kappa shape index (κ2) is 5.03. The Morgan fingerprint density at radius 1 is 1.60 bits per heavy atom. The largest absolute Gasteiger partial charge is 0.446 e. The molecule has 84 valence electrons. The zero-order chi connectivity index (χ0) is 10.7. The lowest BCUT2D eigenvalue weighted by atomic mass is 10.0. The maximum absolute atomic E-state index is 8.83. The monoisotopic (exact) mass is 227 g/mol. The van der Waals surface area contributed by atoms with Crippen molar-refractivity contribution >= 4 is 11.8 Å². The lowest BCUT2D eigenvalue weighted by molar-refractivity contribution is 0.284. The third kappa shape index (κ3) is 2.55. The van der Waals surface area contributed by atoms with Gasteiger partial charge in [-0.2, -0.15) is 11.8 Å². The molecule has 0 aromatic carbocycles. The van der Waals surface area contributed by atoms with Crippen LogP contribution in [0.15, 0.2) is 4.42 Å². The first-order valence-electron chi connectivity index (χ1n) is 5.46. The van der Waals surface area contributed by atoms with Gasteiger partial charge in [-0.1, -0.05) is 0 Å². The summed E-state index contributed by atoms with van der Waals surface area (Å²) < 4.78 is 5.53. The lowest BCUT2D eigenvalue weighted by Crippen LogP contribution is -2.10. The number of rotatable bonds is 3. The van der Waals surface area contributed by atoms with Crippen molar-refractivity contribution in [3.63, 3.8) is 0 Å². The summed E-state index contributed by atoms with van der Waals surface area (Å²) in [7, 11) is 0. The Balaban J connectivity index is 2.11. The first kappa shape index (κ1) is 11.0. The molecular weight excluding hydrogens is 210 g/mol. The van der Waals surface area contributed by atoms with Crippen LogP contribution in [-0.4, -0.2) is 28.2 Å². The summed E-state index contributed by atoms with van der Waals surface area (Å²) in [4.78, 5) is 4.48. The molecule has 1 unspecified atom stereocenters. The van der Waals surface area contributed by atoms with Gasteiger partial charge in [-0.15, -0.1) is 0 Å². The standard InChI is InChI=1S/C11H17NO2S/c1-8-11(9-3-2-6-15-7-9)12-10(14-8)4-5-13/h9,13H,2-7H2,1H3. The number of aryl methyl sites for hydroxylation is 1. The second-order valence-electron chi connectivity index (χ2n) is 3.94. The zero-order valence-electron chi connectivity index (χ0n) is 9.03. The minimum atomic E-state index is 0.110. The molecule has 0 radical (unpaired) electrons. The van der Waals surface area contributed by atoms with Crippen LogP contribution in [-0.2, 0) is 6.42 Å². The van der Waals surface area contributed by atoms with Gasteiger partial charge in [0.25, 0.3) is 0 Å². The number of hydrogen-bond acceptors (Lipinski definition) is 4. The number of aromatic nitrogens is 1. The average molecular weight is 227 g/mol. The highest BCUT2D eigenvalue weighted by molar-refractivity contribution is 7.99. The Bertz CT molecular complexity index is 318. The van der Waals surface area contributed by atoms with E-state index in [1.807, 2.05) is 18.7 Å². The van der Waals surface area contributed by atoms with Crippen LogP contribution in [0.2, 0.25) is 0 Å². The van der Waals surface area contributed by atoms with E-state index in [4.69, 9.17) is 9.52 Å². The highest BCUT2D eigenvalue weighted by atomic mass is 32.2. The number of hydrogen-bond donors (Lipinski definition) is 1. The Morgan fingerprint density at radius 3 is 3.13 bits per heavy atom. The molecule has 1 fully saturated rings. The molecule has 0 bridgehead atoms. The highest BCUT2D eigenvalue weighted by Gasteiger charge is 2.22. The summed E-state index contributed by atoms with van der Waals surface area (Å²) >= 11 is 2.00. The van der Waals surface area contributed by atoms with Gasteiger partial charge >= 0.3 is 0 Å². The molecule has 15 heavy (non-hydrogen) atoms. The summed E-state index contributed by atoms with van der Waals surface area (Å²) in [6.07, 6.45) is 3.02. The molecule has 0 aliphatic carbocycles. The quantitative estimate of drug-likeness (QED) is 0.859. The minimum absolute atomic E-state index is 0.110. The van der Waals surface area contributed by atoms with Gasteiger partial charge in [0.05, 0.1) is 12.3 Å². The van der Waals surface area contributed by atoms with Crippen LogP contribution in [0.25, 0.3) is 0 Å². The van der Waals surface area contributed by atoms with Crippen molar-refractivity contribution in [3.05, 3.63) is 17.3 Å². The molecule has 0 amide bonds. The molecule has 4 heteroatoms. The SMILES string of the molecule is Cc1oc(CCO)nc1C1CCCSC1. The Labute approximate surface area is 94.3 Å². The fourth-order valence-corrected chi connectivity index (χ4v) is 3.15. The van der Waals surface area contributed by atoms with Crippen LogP contribution >= 0.6 is 11.8 Å². The predicted octanol–water partition coefficient (Wildman–Crippen LogP) is 2.13. The molecule has 1 saturated heterocycles. The van der Waals surface area contributed by atoms with Crippen molar-refractivity contribution in [2.75, 3.05) is 18.1 Å². The lowest BCUT2D eigenvalue weighted by Gasteiger charge is -2.19. The maximum atomic E-state index is 8.83. The van der Waals surface area contributed by atoms with Crippen molar-refractivity contribution in [3.8, 4) is 0 Å². The minimum Gasteiger partial charge on any atom is -0.446 e. The average Bonchev–Trinajstić information content (AvgIpc) is 2.61. The van der Waals surface area contributed by atoms with E-state index in [9.17, 15) is 0 Å². The number of thioether (sulfide) groups is 1. The Morgan fingerprint density at radius 2 is 2.47 bits per heavy atom. The van der Waals surface area contributed by atoms with Gasteiger partial charge in [-0.3, -0.25) is 0 Å². The maximum Gasteiger partial charge on any atom is 0.196 e. The molecule has 1 N–H and O–H groups in total. The van der Waals surface area contributed by atoms with Crippen molar-refractivity contribution in [1.29, 1.82) is 0 Å². The van der Waals surface area contributed by atoms with E-state index in [2.05, 4.69) is 4.98 Å². The van der Waals surface area contributed by atoms with Gasteiger partial charge in [0.1, 0.15) is 5.76 Å². The molecule has 1 aromatic heterocycles. The molecule has 1 aliphatic heterocycles. The van der Waals surface area contributed by atoms with Crippen molar-refractivity contribution in [1.82, 2.24) is 4.98 Å². The van der Waals surface area contributed by atoms with Gasteiger partial charge in [0.15, 0.2) is 5.89 Å². The van der Waals surface area contributed by atoms with E-state index in [1.54, 1.807) is 0 Å². The van der Waals surface area contributed by atoms with Crippen LogP contribution < -0.4 is 0 Å². The van der Waals surface area contributed by atoms with E-state index < -0.39 is 0 Å². The Hall–Kier alpha value is -0.480. The predicted molar refractivity (Wildman–Crippen MR) is 61.3 cm³/mol. The summed E-state index contributed by atoms with van der Waals surface area (Å²) in [6, 6.07) is 0. The molecular formula is C11H17NO2S. The summed E-state index contributed by atoms with van der Waals surface area (Å²) in [6.45, 7) is 2.08. The van der Waals surface area contributed by atoms with Gasteiger partial charge in [0.2, 0.25) is 0 Å². The number of nitrogens with zero attached hydrogens (tertiary/aromatic N) is 1. The topological polar surface area (TPSA) is 46.3 Å². The number of aliphatic hydroxyl groups is 1. The number of oxazole rings is 1. The normalized spacial score (nSPS) is 21.9. The van der Waals surface area contributed by atoms with Crippen LogP contribution in [0.1, 0.15) is 36.1 Å². The van der Waals surface area contributed by atoms with Crippen LogP contribution in [0.5, 0.6) is 0 Å². The molecule has 0 spiro atoms. The summed E-state index contributed by atoms with van der Waals surface area (Å²) in [5.41, 5.74) is 1.12.